The Labute approximate surface area is 154 Å². The fourth-order valence-corrected chi connectivity index (χ4v) is 6.85. The van der Waals surface area contributed by atoms with E-state index in [4.69, 9.17) is 4.74 Å². The fraction of sp³-hybridized carbons (Fsp3) is 0.429. The Morgan fingerprint density at radius 3 is 2.38 bits per heavy atom. The largest absolute Gasteiger partial charge is 0.489 e. The number of sulfone groups is 1. The summed E-state index contributed by atoms with van der Waals surface area (Å²) in [6.07, 6.45) is 2.82. The van der Waals surface area contributed by atoms with Crippen LogP contribution in [0.5, 0.6) is 5.75 Å². The van der Waals surface area contributed by atoms with Crippen molar-refractivity contribution in [1.29, 1.82) is 0 Å². The Morgan fingerprint density at radius 1 is 1.00 bits per heavy atom. The molecule has 5 heteroatoms. The maximum absolute atomic E-state index is 12.5. The first kappa shape index (κ1) is 17.6. The van der Waals surface area contributed by atoms with E-state index in [1.165, 1.54) is 0 Å². The molecule has 2 heterocycles. The lowest BCUT2D eigenvalue weighted by Gasteiger charge is -2.44. The molecule has 4 nitrogen and oxygen atoms in total. The van der Waals surface area contributed by atoms with Gasteiger partial charge in [0.1, 0.15) is 12.4 Å². The zero-order valence-corrected chi connectivity index (χ0v) is 15.5. The van der Waals surface area contributed by atoms with Crippen molar-refractivity contribution in [3.63, 3.8) is 0 Å². The van der Waals surface area contributed by atoms with Gasteiger partial charge in [0, 0.05) is 0 Å². The lowest BCUT2D eigenvalue weighted by molar-refractivity contribution is 0.00479. The van der Waals surface area contributed by atoms with Gasteiger partial charge in [-0.1, -0.05) is 48.9 Å². The monoisotopic (exact) mass is 372 g/mol. The molecule has 2 aromatic carbocycles. The topological polar surface area (TPSA) is 63.6 Å². The zero-order valence-electron chi connectivity index (χ0n) is 14.7. The van der Waals surface area contributed by atoms with E-state index in [0.29, 0.717) is 25.2 Å². The van der Waals surface area contributed by atoms with Gasteiger partial charge in [0.25, 0.3) is 0 Å². The molecule has 2 aliphatic heterocycles. The van der Waals surface area contributed by atoms with Crippen molar-refractivity contribution in [2.24, 2.45) is 0 Å². The Hall–Kier alpha value is -1.85. The molecule has 0 spiro atoms. The van der Waals surface area contributed by atoms with Gasteiger partial charge >= 0.3 is 0 Å². The number of benzene rings is 2. The summed E-state index contributed by atoms with van der Waals surface area (Å²) in [6.45, 7) is 0.461. The van der Waals surface area contributed by atoms with Crippen molar-refractivity contribution in [2.75, 3.05) is 0 Å². The Kier molecular flexibility index (Phi) is 4.53. The molecular weight excluding hydrogens is 348 g/mol. The predicted molar refractivity (Wildman–Crippen MR) is 101 cm³/mol. The molecule has 0 aromatic heterocycles. The van der Waals surface area contributed by atoms with Gasteiger partial charge in [-0.3, -0.25) is 0 Å². The van der Waals surface area contributed by atoms with Crippen LogP contribution >= 0.6 is 0 Å². The van der Waals surface area contributed by atoms with Crippen molar-refractivity contribution >= 4 is 9.84 Å². The quantitative estimate of drug-likeness (QED) is 0.891. The van der Waals surface area contributed by atoms with Crippen LogP contribution in [0.15, 0.2) is 54.6 Å². The van der Waals surface area contributed by atoms with Crippen LogP contribution in [0.3, 0.4) is 0 Å². The van der Waals surface area contributed by atoms with E-state index in [9.17, 15) is 13.5 Å². The molecule has 4 rings (SSSR count). The minimum atomic E-state index is -3.09. The number of ether oxygens (including phenoxy) is 1. The molecular formula is C21H24O4S. The van der Waals surface area contributed by atoms with E-state index in [-0.39, 0.29) is 12.8 Å². The highest BCUT2D eigenvalue weighted by molar-refractivity contribution is 7.92. The highest BCUT2D eigenvalue weighted by atomic mass is 32.2. The summed E-state index contributed by atoms with van der Waals surface area (Å²) in [5.74, 6) is 0.693. The number of rotatable bonds is 4. The highest BCUT2D eigenvalue weighted by Gasteiger charge is 2.50. The van der Waals surface area contributed by atoms with Gasteiger partial charge in [0.05, 0.1) is 16.1 Å². The third-order valence-corrected chi connectivity index (χ3v) is 8.40. The maximum Gasteiger partial charge on any atom is 0.156 e. The summed E-state index contributed by atoms with van der Waals surface area (Å²) in [7, 11) is -3.09. The maximum atomic E-state index is 12.5. The van der Waals surface area contributed by atoms with Crippen molar-refractivity contribution in [1.82, 2.24) is 0 Å². The molecule has 138 valence electrons. The summed E-state index contributed by atoms with van der Waals surface area (Å²) in [5.41, 5.74) is 0.748. The summed E-state index contributed by atoms with van der Waals surface area (Å²) in [5, 5.41) is 10.4. The average molecular weight is 372 g/mol. The molecule has 2 bridgehead atoms. The number of hydrogen-bond acceptors (Lipinski definition) is 4. The van der Waals surface area contributed by atoms with Gasteiger partial charge < -0.3 is 9.84 Å². The summed E-state index contributed by atoms with van der Waals surface area (Å²) in [4.78, 5) is 0. The third-order valence-electron chi connectivity index (χ3n) is 5.73. The molecule has 2 atom stereocenters. The summed E-state index contributed by atoms with van der Waals surface area (Å²) in [6, 6.07) is 17.4. The van der Waals surface area contributed by atoms with E-state index in [0.717, 1.165) is 17.5 Å². The number of aliphatic hydroxyl groups is 1. The number of fused-ring (bicyclic) bond motifs is 2. The lowest BCUT2D eigenvalue weighted by Crippen LogP contribution is -2.50. The van der Waals surface area contributed by atoms with Gasteiger partial charge in [-0.25, -0.2) is 8.42 Å². The molecule has 0 radical (unpaired) electrons. The zero-order chi connectivity index (χ0) is 18.2. The molecule has 2 aromatic rings. The second-order valence-corrected chi connectivity index (χ2v) is 10.0. The van der Waals surface area contributed by atoms with E-state index in [2.05, 4.69) is 0 Å². The van der Waals surface area contributed by atoms with Gasteiger partial charge in [-0.05, 0) is 48.9 Å². The molecule has 0 saturated carbocycles. The first-order valence-corrected chi connectivity index (χ1v) is 10.8. The highest BCUT2D eigenvalue weighted by Crippen LogP contribution is 2.46. The third kappa shape index (κ3) is 3.26. The predicted octanol–water partition coefficient (Wildman–Crippen LogP) is 3.58. The number of hydrogen-bond donors (Lipinski definition) is 1. The Bertz CT molecular complexity index is 856. The van der Waals surface area contributed by atoms with Crippen LogP contribution in [-0.4, -0.2) is 24.0 Å². The Morgan fingerprint density at radius 2 is 1.69 bits per heavy atom. The molecule has 2 fully saturated rings. The average Bonchev–Trinajstić information content (AvgIpc) is 2.63. The normalized spacial score (nSPS) is 29.9. The van der Waals surface area contributed by atoms with Crippen molar-refractivity contribution in [2.45, 2.75) is 54.8 Å². The van der Waals surface area contributed by atoms with Crippen molar-refractivity contribution < 1.29 is 18.3 Å². The van der Waals surface area contributed by atoms with Gasteiger partial charge in [-0.2, -0.15) is 0 Å². The molecule has 2 aliphatic rings. The molecule has 2 saturated heterocycles. The SMILES string of the molecule is O=S1(=O)C2CCCC1CC(O)(c1cccc(OCc3ccccc3)c1)C2. The lowest BCUT2D eigenvalue weighted by atomic mass is 9.80. The second-order valence-electron chi connectivity index (χ2n) is 7.51. The first-order valence-electron chi connectivity index (χ1n) is 9.20. The molecule has 1 N–H and O–H groups in total. The van der Waals surface area contributed by atoms with Crippen LogP contribution in [0.25, 0.3) is 0 Å². The van der Waals surface area contributed by atoms with Crippen LogP contribution in [-0.2, 0) is 22.0 Å². The van der Waals surface area contributed by atoms with Crippen LogP contribution in [0.1, 0.15) is 43.2 Å². The fourth-order valence-electron chi connectivity index (χ4n) is 4.30. The minimum Gasteiger partial charge on any atom is -0.489 e. The van der Waals surface area contributed by atoms with Crippen LogP contribution in [0.4, 0.5) is 0 Å². The van der Waals surface area contributed by atoms with Crippen molar-refractivity contribution in [3.05, 3.63) is 65.7 Å². The smallest absolute Gasteiger partial charge is 0.156 e. The van der Waals surface area contributed by atoms with E-state index in [1.807, 2.05) is 54.6 Å². The van der Waals surface area contributed by atoms with E-state index < -0.39 is 25.9 Å². The van der Waals surface area contributed by atoms with Crippen LogP contribution in [0.2, 0.25) is 0 Å². The van der Waals surface area contributed by atoms with Crippen LogP contribution < -0.4 is 4.74 Å². The molecule has 26 heavy (non-hydrogen) atoms. The standard InChI is InChI=1S/C21H24O4S/c22-21(13-19-10-5-11-20(14-21)26(19,23)24)17-8-4-9-18(12-17)25-15-16-6-2-1-3-7-16/h1-4,6-9,12,19-20,22H,5,10-11,13-15H2. The Balaban J connectivity index is 1.54. The van der Waals surface area contributed by atoms with Crippen LogP contribution in [0, 0.1) is 0 Å². The van der Waals surface area contributed by atoms with Gasteiger partial charge in [0.15, 0.2) is 9.84 Å². The summed E-state index contributed by atoms with van der Waals surface area (Å²) >= 11 is 0. The molecule has 0 aliphatic carbocycles. The molecule has 0 amide bonds. The minimum absolute atomic E-state index is 0.286. The van der Waals surface area contributed by atoms with Crippen molar-refractivity contribution in [3.8, 4) is 5.75 Å². The second kappa shape index (κ2) is 6.71. The first-order chi connectivity index (χ1) is 12.5. The molecule has 2 unspecified atom stereocenters. The van der Waals surface area contributed by atoms with E-state index >= 15 is 0 Å². The van der Waals surface area contributed by atoms with E-state index in [1.54, 1.807) is 0 Å². The summed E-state index contributed by atoms with van der Waals surface area (Å²) < 4.78 is 30.9. The van der Waals surface area contributed by atoms with Gasteiger partial charge in [0.2, 0.25) is 0 Å². The van der Waals surface area contributed by atoms with Gasteiger partial charge in [-0.15, -0.1) is 0 Å².